The van der Waals surface area contributed by atoms with Gasteiger partial charge in [-0.15, -0.1) is 0 Å². The summed E-state index contributed by atoms with van der Waals surface area (Å²) in [4.78, 5) is 4.36. The standard InChI is InChI=1S/C16H16N2O2/c1-2-19-12-18-10-6-9-14(18)16-17-11-15(20-16)13-7-4-3-5-8-13/h3-11H,2,12H2,1H3. The zero-order chi connectivity index (χ0) is 13.8. The van der Waals surface area contributed by atoms with E-state index in [4.69, 9.17) is 9.15 Å². The van der Waals surface area contributed by atoms with E-state index in [9.17, 15) is 0 Å². The lowest BCUT2D eigenvalue weighted by Gasteiger charge is -2.06. The quantitative estimate of drug-likeness (QED) is 0.706. The minimum absolute atomic E-state index is 0.502. The maximum Gasteiger partial charge on any atom is 0.243 e. The molecule has 1 aromatic carbocycles. The topological polar surface area (TPSA) is 40.2 Å². The molecule has 0 spiro atoms. The fourth-order valence-corrected chi connectivity index (χ4v) is 2.04. The van der Waals surface area contributed by atoms with Crippen LogP contribution in [0.3, 0.4) is 0 Å². The first-order valence-corrected chi connectivity index (χ1v) is 6.63. The zero-order valence-electron chi connectivity index (χ0n) is 11.3. The van der Waals surface area contributed by atoms with E-state index in [2.05, 4.69) is 4.98 Å². The van der Waals surface area contributed by atoms with Crippen molar-refractivity contribution in [3.63, 3.8) is 0 Å². The van der Waals surface area contributed by atoms with Crippen molar-refractivity contribution in [1.29, 1.82) is 0 Å². The van der Waals surface area contributed by atoms with Crippen LogP contribution < -0.4 is 0 Å². The van der Waals surface area contributed by atoms with Crippen molar-refractivity contribution in [2.24, 2.45) is 0 Å². The lowest BCUT2D eigenvalue weighted by atomic mass is 10.2. The molecule has 4 heteroatoms. The Hall–Kier alpha value is -2.33. The van der Waals surface area contributed by atoms with E-state index in [0.717, 1.165) is 17.0 Å². The summed E-state index contributed by atoms with van der Waals surface area (Å²) in [5.41, 5.74) is 1.94. The highest BCUT2D eigenvalue weighted by molar-refractivity contribution is 5.59. The second-order valence-electron chi connectivity index (χ2n) is 4.38. The molecule has 0 atom stereocenters. The Labute approximate surface area is 117 Å². The first-order valence-electron chi connectivity index (χ1n) is 6.63. The molecule has 0 amide bonds. The summed E-state index contributed by atoms with van der Waals surface area (Å²) < 4.78 is 13.2. The molecule has 0 saturated carbocycles. The highest BCUT2D eigenvalue weighted by Gasteiger charge is 2.11. The Morgan fingerprint density at radius 1 is 1.15 bits per heavy atom. The molecule has 0 fully saturated rings. The molecule has 0 aliphatic heterocycles. The van der Waals surface area contributed by atoms with Crippen LogP contribution in [0.15, 0.2) is 59.3 Å². The van der Waals surface area contributed by atoms with Gasteiger partial charge in [-0.05, 0) is 19.1 Å². The average molecular weight is 268 g/mol. The van der Waals surface area contributed by atoms with E-state index in [1.165, 1.54) is 0 Å². The third kappa shape index (κ3) is 2.51. The minimum Gasteiger partial charge on any atom is -0.435 e. The molecule has 2 heterocycles. The highest BCUT2D eigenvalue weighted by atomic mass is 16.5. The van der Waals surface area contributed by atoms with Crippen molar-refractivity contribution >= 4 is 0 Å². The van der Waals surface area contributed by atoms with Gasteiger partial charge in [-0.2, -0.15) is 0 Å². The van der Waals surface area contributed by atoms with Crippen LogP contribution in [0, 0.1) is 0 Å². The van der Waals surface area contributed by atoms with Crippen LogP contribution in [0.1, 0.15) is 6.92 Å². The van der Waals surface area contributed by atoms with Gasteiger partial charge in [0.15, 0.2) is 5.76 Å². The van der Waals surface area contributed by atoms with Crippen LogP contribution in [0.4, 0.5) is 0 Å². The smallest absolute Gasteiger partial charge is 0.243 e. The third-order valence-electron chi connectivity index (χ3n) is 3.05. The number of ether oxygens (including phenoxy) is 1. The largest absolute Gasteiger partial charge is 0.435 e. The van der Waals surface area contributed by atoms with Crippen LogP contribution in [0.2, 0.25) is 0 Å². The van der Waals surface area contributed by atoms with Crippen LogP contribution in [-0.4, -0.2) is 16.2 Å². The monoisotopic (exact) mass is 268 g/mol. The van der Waals surface area contributed by atoms with Gasteiger partial charge in [-0.25, -0.2) is 4.98 Å². The Kier molecular flexibility index (Phi) is 3.65. The van der Waals surface area contributed by atoms with Crippen LogP contribution in [0.5, 0.6) is 0 Å². The second kappa shape index (κ2) is 5.75. The summed E-state index contributed by atoms with van der Waals surface area (Å²) in [7, 11) is 0. The molecule has 0 aliphatic rings. The van der Waals surface area contributed by atoms with Gasteiger partial charge < -0.3 is 13.7 Å². The molecule has 4 nitrogen and oxygen atoms in total. The summed E-state index contributed by atoms with van der Waals surface area (Å²) in [6, 6.07) is 13.9. The summed E-state index contributed by atoms with van der Waals surface area (Å²) in [5.74, 6) is 1.37. The molecular formula is C16H16N2O2. The average Bonchev–Trinajstić information content (AvgIpc) is 3.14. The lowest BCUT2D eigenvalue weighted by molar-refractivity contribution is 0.0889. The Morgan fingerprint density at radius 3 is 2.80 bits per heavy atom. The van der Waals surface area contributed by atoms with E-state index >= 15 is 0 Å². The lowest BCUT2D eigenvalue weighted by Crippen LogP contribution is -2.02. The Morgan fingerprint density at radius 2 is 2.00 bits per heavy atom. The summed E-state index contributed by atoms with van der Waals surface area (Å²) in [5, 5.41) is 0. The fraction of sp³-hybridized carbons (Fsp3) is 0.188. The number of oxazole rings is 1. The molecule has 0 N–H and O–H groups in total. The van der Waals surface area contributed by atoms with Gasteiger partial charge in [0.1, 0.15) is 12.4 Å². The molecule has 0 radical (unpaired) electrons. The van der Waals surface area contributed by atoms with E-state index in [-0.39, 0.29) is 0 Å². The molecule has 3 rings (SSSR count). The maximum atomic E-state index is 5.85. The highest BCUT2D eigenvalue weighted by Crippen LogP contribution is 2.26. The number of benzene rings is 1. The number of hydrogen-bond donors (Lipinski definition) is 0. The van der Waals surface area contributed by atoms with Crippen molar-refractivity contribution in [3.8, 4) is 22.9 Å². The summed E-state index contributed by atoms with van der Waals surface area (Å²) >= 11 is 0. The normalized spacial score (nSPS) is 10.8. The van der Waals surface area contributed by atoms with Gasteiger partial charge in [-0.3, -0.25) is 0 Å². The fourth-order valence-electron chi connectivity index (χ4n) is 2.04. The van der Waals surface area contributed by atoms with Gasteiger partial charge in [-0.1, -0.05) is 30.3 Å². The van der Waals surface area contributed by atoms with Crippen molar-refractivity contribution in [2.45, 2.75) is 13.7 Å². The van der Waals surface area contributed by atoms with Gasteiger partial charge in [0.05, 0.1) is 6.20 Å². The molecule has 20 heavy (non-hydrogen) atoms. The maximum absolute atomic E-state index is 5.85. The molecule has 0 bridgehead atoms. The van der Waals surface area contributed by atoms with Crippen molar-refractivity contribution in [1.82, 2.24) is 9.55 Å². The van der Waals surface area contributed by atoms with Gasteiger partial charge in [0.2, 0.25) is 5.89 Å². The Bertz CT molecular complexity index is 671. The van der Waals surface area contributed by atoms with Crippen LogP contribution in [0.25, 0.3) is 22.9 Å². The second-order valence-corrected chi connectivity index (χ2v) is 4.38. The first kappa shape index (κ1) is 12.7. The van der Waals surface area contributed by atoms with E-state index < -0.39 is 0 Å². The number of nitrogens with zero attached hydrogens (tertiary/aromatic N) is 2. The predicted octanol–water partition coefficient (Wildman–Crippen LogP) is 3.80. The molecule has 0 aliphatic carbocycles. The van der Waals surface area contributed by atoms with Gasteiger partial charge >= 0.3 is 0 Å². The van der Waals surface area contributed by atoms with Crippen molar-refractivity contribution in [3.05, 3.63) is 54.9 Å². The number of rotatable bonds is 5. The summed E-state index contributed by atoms with van der Waals surface area (Å²) in [6.45, 7) is 3.15. The van der Waals surface area contributed by atoms with Crippen molar-refractivity contribution < 1.29 is 9.15 Å². The molecular weight excluding hydrogens is 252 g/mol. The number of hydrogen-bond acceptors (Lipinski definition) is 3. The minimum atomic E-state index is 0.502. The van der Waals surface area contributed by atoms with Crippen LogP contribution in [-0.2, 0) is 11.5 Å². The summed E-state index contributed by atoms with van der Waals surface area (Å²) in [6.07, 6.45) is 3.71. The third-order valence-corrected chi connectivity index (χ3v) is 3.05. The molecule has 0 saturated heterocycles. The number of aromatic nitrogens is 2. The van der Waals surface area contributed by atoms with Gasteiger partial charge in [0.25, 0.3) is 0 Å². The zero-order valence-corrected chi connectivity index (χ0v) is 11.3. The van der Waals surface area contributed by atoms with Gasteiger partial charge in [0, 0.05) is 18.4 Å². The SMILES string of the molecule is CCOCn1cccc1-c1ncc(-c2ccccc2)o1. The Balaban J connectivity index is 1.89. The predicted molar refractivity (Wildman–Crippen MR) is 77.0 cm³/mol. The van der Waals surface area contributed by atoms with E-state index in [1.54, 1.807) is 6.20 Å². The van der Waals surface area contributed by atoms with E-state index in [0.29, 0.717) is 19.2 Å². The first-order chi connectivity index (χ1) is 9.88. The molecule has 0 unspecified atom stereocenters. The van der Waals surface area contributed by atoms with Crippen molar-refractivity contribution in [2.75, 3.05) is 6.61 Å². The van der Waals surface area contributed by atoms with Crippen LogP contribution >= 0.6 is 0 Å². The van der Waals surface area contributed by atoms with E-state index in [1.807, 2.05) is 60.2 Å². The molecule has 102 valence electrons. The molecule has 2 aromatic heterocycles. The molecule has 3 aromatic rings.